The van der Waals surface area contributed by atoms with E-state index in [9.17, 15) is 18.0 Å². The number of halogens is 4. The number of nitrogens with zero attached hydrogens (tertiary/aromatic N) is 3. The van der Waals surface area contributed by atoms with E-state index in [1.54, 1.807) is 0 Å². The summed E-state index contributed by atoms with van der Waals surface area (Å²) in [7, 11) is 0. The number of carbonyl (C=O) groups excluding carboxylic acids is 1. The van der Waals surface area contributed by atoms with Crippen molar-refractivity contribution in [2.24, 2.45) is 0 Å². The van der Waals surface area contributed by atoms with Crippen LogP contribution in [-0.4, -0.2) is 29.0 Å². The monoisotopic (exact) mass is 372 g/mol. The Morgan fingerprint density at radius 1 is 1.20 bits per heavy atom. The maximum atomic E-state index is 12.8. The van der Waals surface area contributed by atoms with Crippen LogP contribution in [0.2, 0.25) is 5.02 Å². The van der Waals surface area contributed by atoms with E-state index >= 15 is 0 Å². The highest BCUT2D eigenvalue weighted by Gasteiger charge is 2.31. The van der Waals surface area contributed by atoms with Crippen LogP contribution in [0.4, 0.5) is 24.7 Å². The minimum atomic E-state index is -4.53. The molecule has 1 aromatic heterocycles. The van der Waals surface area contributed by atoms with Gasteiger partial charge in [-0.1, -0.05) is 11.6 Å². The lowest BCUT2D eigenvalue weighted by atomic mass is 10.2. The standard InChI is InChI=1S/C16H16ClF3N4O/c1-3-24(4-2)14-8-13(21-9-22-14)15(25)23-12-7-10(16(18,19)20)5-6-11(12)17/h5-9H,3-4H2,1-2H3,(H,23,25). The van der Waals surface area contributed by atoms with Gasteiger partial charge in [-0.2, -0.15) is 13.2 Å². The first-order valence-corrected chi connectivity index (χ1v) is 7.89. The predicted molar refractivity (Wildman–Crippen MR) is 90.0 cm³/mol. The Labute approximate surface area is 147 Å². The highest BCUT2D eigenvalue weighted by Crippen LogP contribution is 2.34. The number of aromatic nitrogens is 2. The second-order valence-electron chi connectivity index (χ2n) is 5.08. The fraction of sp³-hybridized carbons (Fsp3) is 0.312. The molecule has 1 heterocycles. The van der Waals surface area contributed by atoms with Gasteiger partial charge in [0.05, 0.1) is 16.3 Å². The Balaban J connectivity index is 2.27. The van der Waals surface area contributed by atoms with Crippen molar-refractivity contribution in [3.63, 3.8) is 0 Å². The minimum absolute atomic E-state index is 0.000581. The van der Waals surface area contributed by atoms with E-state index in [-0.39, 0.29) is 16.4 Å². The van der Waals surface area contributed by atoms with Gasteiger partial charge in [-0.25, -0.2) is 9.97 Å². The van der Waals surface area contributed by atoms with Gasteiger partial charge in [0.1, 0.15) is 17.8 Å². The molecule has 0 aliphatic rings. The van der Waals surface area contributed by atoms with Crippen LogP contribution in [0.15, 0.2) is 30.6 Å². The Morgan fingerprint density at radius 3 is 2.48 bits per heavy atom. The topological polar surface area (TPSA) is 58.1 Å². The molecule has 0 spiro atoms. The summed E-state index contributed by atoms with van der Waals surface area (Å²) in [6.45, 7) is 5.25. The average molecular weight is 373 g/mol. The number of amides is 1. The fourth-order valence-electron chi connectivity index (χ4n) is 2.18. The Morgan fingerprint density at radius 2 is 1.88 bits per heavy atom. The molecule has 5 nitrogen and oxygen atoms in total. The largest absolute Gasteiger partial charge is 0.416 e. The normalized spacial score (nSPS) is 11.3. The van der Waals surface area contributed by atoms with Crippen LogP contribution in [-0.2, 0) is 6.18 Å². The van der Waals surface area contributed by atoms with E-state index < -0.39 is 17.6 Å². The number of carbonyl (C=O) groups is 1. The van der Waals surface area contributed by atoms with Gasteiger partial charge in [-0.3, -0.25) is 4.79 Å². The van der Waals surface area contributed by atoms with Crippen LogP contribution in [0.25, 0.3) is 0 Å². The summed E-state index contributed by atoms with van der Waals surface area (Å²) in [5.74, 6) is -0.114. The molecule has 0 atom stereocenters. The summed E-state index contributed by atoms with van der Waals surface area (Å²) in [6.07, 6.45) is -3.30. The van der Waals surface area contributed by atoms with Crippen molar-refractivity contribution >= 4 is 29.0 Å². The molecule has 0 saturated heterocycles. The van der Waals surface area contributed by atoms with E-state index in [2.05, 4.69) is 15.3 Å². The van der Waals surface area contributed by atoms with E-state index in [1.165, 1.54) is 12.4 Å². The first-order valence-electron chi connectivity index (χ1n) is 7.51. The molecule has 134 valence electrons. The summed E-state index contributed by atoms with van der Waals surface area (Å²) in [4.78, 5) is 22.2. The lowest BCUT2D eigenvalue weighted by Gasteiger charge is -2.19. The molecule has 0 unspecified atom stereocenters. The van der Waals surface area contributed by atoms with Crippen LogP contribution in [0, 0.1) is 0 Å². The summed E-state index contributed by atoms with van der Waals surface area (Å²) >= 11 is 5.88. The summed E-state index contributed by atoms with van der Waals surface area (Å²) in [6, 6.07) is 4.19. The molecule has 1 aromatic carbocycles. The second kappa shape index (κ2) is 7.69. The molecular formula is C16H16ClF3N4O. The fourth-order valence-corrected chi connectivity index (χ4v) is 2.34. The lowest BCUT2D eigenvalue weighted by Crippen LogP contribution is -2.24. The Hall–Kier alpha value is -2.35. The maximum Gasteiger partial charge on any atom is 0.416 e. The minimum Gasteiger partial charge on any atom is -0.357 e. The highest BCUT2D eigenvalue weighted by molar-refractivity contribution is 6.33. The lowest BCUT2D eigenvalue weighted by molar-refractivity contribution is -0.137. The summed E-state index contributed by atoms with van der Waals surface area (Å²) in [5, 5.41) is 2.36. The summed E-state index contributed by atoms with van der Waals surface area (Å²) in [5.41, 5.74) is -1.01. The SMILES string of the molecule is CCN(CC)c1cc(C(=O)Nc2cc(C(F)(F)F)ccc2Cl)ncn1. The molecule has 2 rings (SSSR count). The van der Waals surface area contributed by atoms with Crippen LogP contribution in [0.3, 0.4) is 0 Å². The van der Waals surface area contributed by atoms with Gasteiger partial charge >= 0.3 is 6.18 Å². The average Bonchev–Trinajstić information content (AvgIpc) is 2.57. The Bertz CT molecular complexity index is 763. The van der Waals surface area contributed by atoms with E-state index in [0.29, 0.717) is 18.9 Å². The zero-order valence-electron chi connectivity index (χ0n) is 13.6. The third-order valence-corrected chi connectivity index (χ3v) is 3.84. The zero-order chi connectivity index (χ0) is 18.6. The van der Waals surface area contributed by atoms with Crippen molar-refractivity contribution in [2.45, 2.75) is 20.0 Å². The number of hydrogen-bond donors (Lipinski definition) is 1. The van der Waals surface area contributed by atoms with Gasteiger partial charge in [0, 0.05) is 19.2 Å². The van der Waals surface area contributed by atoms with Crippen LogP contribution in [0.1, 0.15) is 29.9 Å². The van der Waals surface area contributed by atoms with Gasteiger partial charge in [0.2, 0.25) is 0 Å². The van der Waals surface area contributed by atoms with Crippen molar-refractivity contribution in [1.29, 1.82) is 0 Å². The quantitative estimate of drug-likeness (QED) is 0.852. The van der Waals surface area contributed by atoms with Crippen molar-refractivity contribution in [2.75, 3.05) is 23.3 Å². The van der Waals surface area contributed by atoms with E-state index in [4.69, 9.17) is 11.6 Å². The van der Waals surface area contributed by atoms with Gasteiger partial charge in [-0.15, -0.1) is 0 Å². The van der Waals surface area contributed by atoms with E-state index in [0.717, 1.165) is 18.2 Å². The number of alkyl halides is 3. The molecule has 0 radical (unpaired) electrons. The van der Waals surface area contributed by atoms with Crippen molar-refractivity contribution in [1.82, 2.24) is 9.97 Å². The molecule has 0 aliphatic carbocycles. The molecule has 25 heavy (non-hydrogen) atoms. The third-order valence-electron chi connectivity index (χ3n) is 3.51. The van der Waals surface area contributed by atoms with Crippen LogP contribution < -0.4 is 10.2 Å². The van der Waals surface area contributed by atoms with Gasteiger partial charge in [0.15, 0.2) is 0 Å². The number of anilines is 2. The number of benzene rings is 1. The maximum absolute atomic E-state index is 12.8. The van der Waals surface area contributed by atoms with Crippen molar-refractivity contribution < 1.29 is 18.0 Å². The summed E-state index contributed by atoms with van der Waals surface area (Å²) < 4.78 is 38.4. The second-order valence-corrected chi connectivity index (χ2v) is 5.49. The molecule has 2 aromatic rings. The van der Waals surface area contributed by atoms with E-state index in [1.807, 2.05) is 18.7 Å². The van der Waals surface area contributed by atoms with Gasteiger partial charge < -0.3 is 10.2 Å². The molecule has 0 aliphatic heterocycles. The molecule has 1 amide bonds. The molecule has 9 heteroatoms. The Kier molecular flexibility index (Phi) is 5.84. The number of nitrogens with one attached hydrogen (secondary N) is 1. The molecule has 1 N–H and O–H groups in total. The van der Waals surface area contributed by atoms with Crippen molar-refractivity contribution in [3.05, 3.63) is 46.9 Å². The number of rotatable bonds is 5. The molecule has 0 saturated carbocycles. The highest BCUT2D eigenvalue weighted by atomic mass is 35.5. The smallest absolute Gasteiger partial charge is 0.357 e. The first kappa shape index (κ1) is 19.0. The van der Waals surface area contributed by atoms with Crippen LogP contribution in [0.5, 0.6) is 0 Å². The van der Waals surface area contributed by atoms with Crippen LogP contribution >= 0.6 is 11.6 Å². The molecular weight excluding hydrogens is 357 g/mol. The first-order chi connectivity index (χ1) is 11.8. The number of hydrogen-bond acceptors (Lipinski definition) is 4. The zero-order valence-corrected chi connectivity index (χ0v) is 14.3. The predicted octanol–water partition coefficient (Wildman–Crippen LogP) is 4.25. The molecule has 0 fully saturated rings. The van der Waals surface area contributed by atoms with Gasteiger partial charge in [-0.05, 0) is 32.0 Å². The van der Waals surface area contributed by atoms with Crippen molar-refractivity contribution in [3.8, 4) is 0 Å². The van der Waals surface area contributed by atoms with Gasteiger partial charge in [0.25, 0.3) is 5.91 Å². The molecule has 0 bridgehead atoms. The third kappa shape index (κ3) is 4.60.